The van der Waals surface area contributed by atoms with Gasteiger partial charge in [0.05, 0.1) is 11.4 Å². The van der Waals surface area contributed by atoms with Crippen LogP contribution >= 0.6 is 11.3 Å². The molecule has 0 spiro atoms. The number of carbonyl (C=O) groups excluding carboxylic acids is 1. The number of likely N-dealkylation sites (N-methyl/N-ethyl adjacent to an activating group) is 1. The minimum atomic E-state index is -0.156. The third kappa shape index (κ3) is 4.41. The van der Waals surface area contributed by atoms with Crippen molar-refractivity contribution < 1.29 is 14.3 Å². The number of ether oxygens (including phenoxy) is 2. The van der Waals surface area contributed by atoms with Crippen LogP contribution in [0, 0.1) is 5.92 Å². The second-order valence-electron chi connectivity index (χ2n) is 8.23. The number of piperidine rings is 1. The van der Waals surface area contributed by atoms with Crippen LogP contribution in [0.2, 0.25) is 0 Å². The molecule has 2 aliphatic rings. The van der Waals surface area contributed by atoms with E-state index in [0.717, 1.165) is 53.8 Å². The van der Waals surface area contributed by atoms with E-state index in [-0.39, 0.29) is 17.9 Å². The van der Waals surface area contributed by atoms with Crippen molar-refractivity contribution in [3.05, 3.63) is 53.9 Å². The Morgan fingerprint density at radius 3 is 2.62 bits per heavy atom. The number of rotatable bonds is 5. The highest BCUT2D eigenvalue weighted by atomic mass is 32.1. The van der Waals surface area contributed by atoms with Gasteiger partial charge in [0.15, 0.2) is 23.4 Å². The van der Waals surface area contributed by atoms with E-state index >= 15 is 0 Å². The van der Waals surface area contributed by atoms with Crippen LogP contribution in [0.4, 0.5) is 5.82 Å². The molecule has 5 rings (SSSR count). The van der Waals surface area contributed by atoms with Gasteiger partial charge < -0.3 is 19.3 Å². The van der Waals surface area contributed by atoms with E-state index < -0.39 is 0 Å². The molecule has 1 aromatic carbocycles. The maximum atomic E-state index is 13.0. The Morgan fingerprint density at radius 1 is 1.09 bits per heavy atom. The minimum Gasteiger partial charge on any atom is -0.486 e. The second-order valence-corrected chi connectivity index (χ2v) is 9.18. The first-order valence-corrected chi connectivity index (χ1v) is 11.8. The normalized spacial score (nSPS) is 18.4. The largest absolute Gasteiger partial charge is 0.486 e. The van der Waals surface area contributed by atoms with Crippen molar-refractivity contribution in [1.82, 2.24) is 15.1 Å². The van der Waals surface area contributed by atoms with Crippen LogP contribution < -0.4 is 14.4 Å². The van der Waals surface area contributed by atoms with Gasteiger partial charge in [-0.2, -0.15) is 0 Å². The monoisotopic (exact) mass is 450 g/mol. The smallest absolute Gasteiger partial charge is 0.225 e. The fraction of sp³-hybridized carbons (Fsp3) is 0.375. The molecule has 7 nitrogen and oxygen atoms in total. The van der Waals surface area contributed by atoms with Gasteiger partial charge in [-0.1, -0.05) is 18.2 Å². The molecule has 0 bridgehead atoms. The molecular formula is C24H26N4O3S. The van der Waals surface area contributed by atoms with Crippen LogP contribution in [-0.2, 0) is 4.79 Å². The summed E-state index contributed by atoms with van der Waals surface area (Å²) in [6.45, 7) is 2.57. The molecule has 2 aliphatic heterocycles. The average Bonchev–Trinajstić information content (AvgIpc) is 3.39. The number of thiophene rings is 1. The lowest BCUT2D eigenvalue weighted by Crippen LogP contribution is -2.46. The van der Waals surface area contributed by atoms with E-state index in [1.54, 1.807) is 16.2 Å². The zero-order chi connectivity index (χ0) is 21.9. The van der Waals surface area contributed by atoms with Crippen LogP contribution in [0.5, 0.6) is 11.5 Å². The summed E-state index contributed by atoms with van der Waals surface area (Å²) < 4.78 is 11.8. The quantitative estimate of drug-likeness (QED) is 0.590. The van der Waals surface area contributed by atoms with Crippen molar-refractivity contribution in [1.29, 1.82) is 0 Å². The molecular weight excluding hydrogens is 424 g/mol. The van der Waals surface area contributed by atoms with Crippen molar-refractivity contribution >= 4 is 23.1 Å². The molecule has 4 heterocycles. The highest BCUT2D eigenvalue weighted by Crippen LogP contribution is 2.31. The molecule has 0 aliphatic carbocycles. The van der Waals surface area contributed by atoms with Crippen LogP contribution in [0.25, 0.3) is 10.6 Å². The van der Waals surface area contributed by atoms with Gasteiger partial charge in [-0.15, -0.1) is 21.5 Å². The number of hydrogen-bond donors (Lipinski definition) is 0. The predicted octanol–water partition coefficient (Wildman–Crippen LogP) is 3.72. The minimum absolute atomic E-state index is 0.0198. The van der Waals surface area contributed by atoms with Gasteiger partial charge in [-0.05, 0) is 48.6 Å². The molecule has 32 heavy (non-hydrogen) atoms. The first-order valence-electron chi connectivity index (χ1n) is 10.9. The molecule has 1 atom stereocenters. The lowest BCUT2D eigenvalue weighted by molar-refractivity contribution is -0.136. The Morgan fingerprint density at radius 2 is 1.91 bits per heavy atom. The Bertz CT molecular complexity index is 1050. The van der Waals surface area contributed by atoms with Crippen LogP contribution in [0.15, 0.2) is 53.9 Å². The Balaban J connectivity index is 1.13. The zero-order valence-electron chi connectivity index (χ0n) is 18.0. The molecule has 2 aromatic heterocycles. The topological polar surface area (TPSA) is 67.8 Å². The molecule has 166 valence electrons. The molecule has 8 heteroatoms. The first kappa shape index (κ1) is 20.8. The van der Waals surface area contributed by atoms with Crippen molar-refractivity contribution in [2.45, 2.75) is 18.9 Å². The number of fused-ring (bicyclic) bond motifs is 1. The van der Waals surface area contributed by atoms with Gasteiger partial charge in [0.1, 0.15) is 12.3 Å². The van der Waals surface area contributed by atoms with Crippen LogP contribution in [0.3, 0.4) is 0 Å². The first-order chi connectivity index (χ1) is 15.7. The standard InChI is InChI=1S/C24H26N4O3S/c1-27(15-18-16-30-20-5-2-3-6-21(20)31-18)24(29)17-10-12-28(13-11-17)23-9-8-19(25-26-23)22-7-4-14-32-22/h2-9,14,17-18H,10-13,15-16H2,1H3. The summed E-state index contributed by atoms with van der Waals surface area (Å²) in [5.74, 6) is 2.56. The fourth-order valence-electron chi connectivity index (χ4n) is 4.27. The maximum Gasteiger partial charge on any atom is 0.225 e. The summed E-state index contributed by atoms with van der Waals surface area (Å²) in [5.41, 5.74) is 0.895. The Labute approximate surface area is 191 Å². The van der Waals surface area contributed by atoms with Gasteiger partial charge in [-0.25, -0.2) is 0 Å². The van der Waals surface area contributed by atoms with Crippen molar-refractivity contribution in [2.75, 3.05) is 38.2 Å². The SMILES string of the molecule is CN(CC1COc2ccccc2O1)C(=O)C1CCN(c2ccc(-c3cccs3)nn2)CC1. The third-order valence-corrected chi connectivity index (χ3v) is 6.91. The number of hydrogen-bond acceptors (Lipinski definition) is 7. The fourth-order valence-corrected chi connectivity index (χ4v) is 4.96. The van der Waals surface area contributed by atoms with E-state index in [9.17, 15) is 4.79 Å². The average molecular weight is 451 g/mol. The molecule has 1 saturated heterocycles. The Hall–Kier alpha value is -3.13. The van der Waals surface area contributed by atoms with Gasteiger partial charge in [0, 0.05) is 26.1 Å². The van der Waals surface area contributed by atoms with Crippen molar-refractivity contribution in [2.24, 2.45) is 5.92 Å². The van der Waals surface area contributed by atoms with E-state index in [1.807, 2.05) is 61.0 Å². The number of benzene rings is 1. The number of para-hydroxylation sites is 2. The lowest BCUT2D eigenvalue weighted by Gasteiger charge is -2.35. The van der Waals surface area contributed by atoms with Gasteiger partial charge >= 0.3 is 0 Å². The highest BCUT2D eigenvalue weighted by molar-refractivity contribution is 7.13. The highest BCUT2D eigenvalue weighted by Gasteiger charge is 2.30. The summed E-state index contributed by atoms with van der Waals surface area (Å²) in [5, 5.41) is 10.8. The van der Waals surface area contributed by atoms with E-state index in [1.165, 1.54) is 0 Å². The van der Waals surface area contributed by atoms with E-state index in [4.69, 9.17) is 9.47 Å². The molecule has 1 amide bonds. The molecule has 3 aromatic rings. The third-order valence-electron chi connectivity index (χ3n) is 6.01. The van der Waals surface area contributed by atoms with Crippen molar-refractivity contribution in [3.63, 3.8) is 0 Å². The summed E-state index contributed by atoms with van der Waals surface area (Å²) in [6.07, 6.45) is 1.46. The molecule has 1 fully saturated rings. The Kier molecular flexibility index (Phi) is 5.94. The van der Waals surface area contributed by atoms with Crippen LogP contribution in [-0.4, -0.2) is 60.4 Å². The van der Waals surface area contributed by atoms with Gasteiger partial charge in [0.25, 0.3) is 0 Å². The summed E-state index contributed by atoms with van der Waals surface area (Å²) >= 11 is 1.66. The maximum absolute atomic E-state index is 13.0. The number of amides is 1. The second kappa shape index (κ2) is 9.16. The number of anilines is 1. The molecule has 1 unspecified atom stereocenters. The molecule has 0 radical (unpaired) electrons. The predicted molar refractivity (Wildman–Crippen MR) is 124 cm³/mol. The summed E-state index contributed by atoms with van der Waals surface area (Å²) in [4.78, 5) is 18.1. The summed E-state index contributed by atoms with van der Waals surface area (Å²) in [7, 11) is 1.85. The van der Waals surface area contributed by atoms with E-state index in [0.29, 0.717) is 13.2 Å². The number of carbonyl (C=O) groups is 1. The van der Waals surface area contributed by atoms with Gasteiger partial charge in [0.2, 0.25) is 5.91 Å². The number of aromatic nitrogens is 2. The van der Waals surface area contributed by atoms with Gasteiger partial charge in [-0.3, -0.25) is 4.79 Å². The molecule has 0 N–H and O–H groups in total. The number of nitrogens with zero attached hydrogens (tertiary/aromatic N) is 4. The van der Waals surface area contributed by atoms with E-state index in [2.05, 4.69) is 15.1 Å². The lowest BCUT2D eigenvalue weighted by atomic mass is 9.95. The summed E-state index contributed by atoms with van der Waals surface area (Å²) in [6, 6.07) is 15.7. The van der Waals surface area contributed by atoms with Crippen molar-refractivity contribution in [3.8, 4) is 22.1 Å². The molecule has 0 saturated carbocycles. The van der Waals surface area contributed by atoms with Crippen LogP contribution in [0.1, 0.15) is 12.8 Å². The zero-order valence-corrected chi connectivity index (χ0v) is 18.8.